The molecule has 1 unspecified atom stereocenters. The summed E-state index contributed by atoms with van der Waals surface area (Å²) in [5.74, 6) is 0. The van der Waals surface area contributed by atoms with Crippen molar-refractivity contribution in [1.29, 1.82) is 0 Å². The van der Waals surface area contributed by atoms with Gasteiger partial charge in [0, 0.05) is 0 Å². The average Bonchev–Trinajstić information content (AvgIpc) is 2.87. The molecule has 0 bridgehead atoms. The Labute approximate surface area is 123 Å². The van der Waals surface area contributed by atoms with E-state index in [-0.39, 0.29) is 6.04 Å². The van der Waals surface area contributed by atoms with Crippen LogP contribution in [0.2, 0.25) is 0 Å². The number of para-hydroxylation sites is 1. The minimum atomic E-state index is -0.0329. The summed E-state index contributed by atoms with van der Waals surface area (Å²) in [6.45, 7) is 4.27. The van der Waals surface area contributed by atoms with Crippen LogP contribution < -0.4 is 5.73 Å². The van der Waals surface area contributed by atoms with Gasteiger partial charge in [-0.05, 0) is 49.1 Å². The Morgan fingerprint density at radius 3 is 2.65 bits per heavy atom. The lowest BCUT2D eigenvalue weighted by Crippen LogP contribution is -2.13. The van der Waals surface area contributed by atoms with E-state index in [4.69, 9.17) is 5.73 Å². The van der Waals surface area contributed by atoms with Crippen molar-refractivity contribution in [3.8, 4) is 0 Å². The summed E-state index contributed by atoms with van der Waals surface area (Å²) in [6.07, 6.45) is 0.834. The smallest absolute Gasteiger partial charge is 0.111 e. The first-order valence-electron chi connectivity index (χ1n) is 6.80. The fourth-order valence-electron chi connectivity index (χ4n) is 2.32. The van der Waals surface area contributed by atoms with Crippen LogP contribution in [0.4, 0.5) is 0 Å². The van der Waals surface area contributed by atoms with Gasteiger partial charge in [0.05, 0.1) is 16.3 Å². The van der Waals surface area contributed by atoms with Gasteiger partial charge < -0.3 is 5.73 Å². The van der Waals surface area contributed by atoms with Crippen LogP contribution in [-0.2, 0) is 6.42 Å². The van der Waals surface area contributed by atoms with Gasteiger partial charge in [0.25, 0.3) is 0 Å². The highest BCUT2D eigenvalue weighted by Crippen LogP contribution is 2.27. The largest absolute Gasteiger partial charge is 0.322 e. The lowest BCUT2D eigenvalue weighted by Gasteiger charge is -2.10. The van der Waals surface area contributed by atoms with Crippen LogP contribution in [0, 0.1) is 13.8 Å². The number of aromatic nitrogens is 1. The summed E-state index contributed by atoms with van der Waals surface area (Å²) in [6, 6.07) is 14.7. The van der Waals surface area contributed by atoms with Crippen LogP contribution in [0.25, 0.3) is 10.2 Å². The van der Waals surface area contributed by atoms with Crippen molar-refractivity contribution >= 4 is 21.6 Å². The van der Waals surface area contributed by atoms with Gasteiger partial charge in [0.15, 0.2) is 0 Å². The summed E-state index contributed by atoms with van der Waals surface area (Å²) in [7, 11) is 0. The second-order valence-electron chi connectivity index (χ2n) is 5.25. The normalized spacial score (nSPS) is 12.8. The second kappa shape index (κ2) is 5.35. The molecule has 0 fully saturated rings. The summed E-state index contributed by atoms with van der Waals surface area (Å²) in [4.78, 5) is 4.64. The Morgan fingerprint density at radius 1 is 1.10 bits per heavy atom. The minimum absolute atomic E-state index is 0.0329. The molecule has 0 amide bonds. The fourth-order valence-corrected chi connectivity index (χ4v) is 3.29. The minimum Gasteiger partial charge on any atom is -0.322 e. The average molecular weight is 282 g/mol. The van der Waals surface area contributed by atoms with Crippen molar-refractivity contribution in [2.45, 2.75) is 26.3 Å². The number of nitrogens with two attached hydrogens (primary N) is 1. The molecule has 3 aromatic rings. The maximum atomic E-state index is 6.33. The van der Waals surface area contributed by atoms with E-state index in [9.17, 15) is 0 Å². The fraction of sp³-hybridized carbons (Fsp3) is 0.235. The number of fused-ring (bicyclic) bond motifs is 1. The molecule has 0 radical (unpaired) electrons. The lowest BCUT2D eigenvalue weighted by molar-refractivity contribution is 0.716. The van der Waals surface area contributed by atoms with Gasteiger partial charge >= 0.3 is 0 Å². The number of rotatable bonds is 3. The number of thiazole rings is 1. The van der Waals surface area contributed by atoms with E-state index in [0.717, 1.165) is 16.9 Å². The van der Waals surface area contributed by atoms with E-state index in [0.29, 0.717) is 0 Å². The molecule has 1 aromatic heterocycles. The molecule has 2 nitrogen and oxygen atoms in total. The molecule has 3 heteroatoms. The summed E-state index contributed by atoms with van der Waals surface area (Å²) in [5.41, 5.74) is 11.3. The number of aryl methyl sites for hydroxylation is 2. The van der Waals surface area contributed by atoms with Gasteiger partial charge in [0.1, 0.15) is 5.01 Å². The Morgan fingerprint density at radius 2 is 1.90 bits per heavy atom. The molecule has 20 heavy (non-hydrogen) atoms. The third-order valence-corrected chi connectivity index (χ3v) is 4.82. The maximum absolute atomic E-state index is 6.33. The van der Waals surface area contributed by atoms with Crippen molar-refractivity contribution in [2.24, 2.45) is 5.73 Å². The van der Waals surface area contributed by atoms with Crippen molar-refractivity contribution < 1.29 is 0 Å². The standard InChI is InChI=1S/C17H18N2S/c1-11-7-8-13(9-12(11)2)10-14(18)17-19-15-5-3-4-6-16(15)20-17/h3-9,14H,10,18H2,1-2H3. The summed E-state index contributed by atoms with van der Waals surface area (Å²) in [5, 5.41) is 1.02. The molecule has 1 heterocycles. The van der Waals surface area contributed by atoms with Crippen molar-refractivity contribution in [1.82, 2.24) is 4.98 Å². The maximum Gasteiger partial charge on any atom is 0.111 e. The van der Waals surface area contributed by atoms with Crippen molar-refractivity contribution in [2.75, 3.05) is 0 Å². The van der Waals surface area contributed by atoms with Crippen LogP contribution in [0.15, 0.2) is 42.5 Å². The predicted octanol–water partition coefficient (Wildman–Crippen LogP) is 4.16. The molecule has 102 valence electrons. The quantitative estimate of drug-likeness (QED) is 0.783. The topological polar surface area (TPSA) is 38.9 Å². The molecule has 0 aliphatic heterocycles. The molecule has 2 N–H and O–H groups in total. The Balaban J connectivity index is 1.84. The molecule has 1 atom stereocenters. The zero-order valence-electron chi connectivity index (χ0n) is 11.8. The molecule has 0 saturated heterocycles. The van der Waals surface area contributed by atoms with Gasteiger partial charge in [-0.3, -0.25) is 0 Å². The molecule has 0 spiro atoms. The zero-order chi connectivity index (χ0) is 14.1. The number of nitrogens with zero attached hydrogens (tertiary/aromatic N) is 1. The zero-order valence-corrected chi connectivity index (χ0v) is 12.6. The highest BCUT2D eigenvalue weighted by molar-refractivity contribution is 7.18. The highest BCUT2D eigenvalue weighted by atomic mass is 32.1. The first-order valence-corrected chi connectivity index (χ1v) is 7.62. The summed E-state index contributed by atoms with van der Waals surface area (Å²) >= 11 is 1.70. The van der Waals surface area contributed by atoms with E-state index < -0.39 is 0 Å². The van der Waals surface area contributed by atoms with Crippen molar-refractivity contribution in [3.63, 3.8) is 0 Å². The first-order chi connectivity index (χ1) is 9.63. The third-order valence-electron chi connectivity index (χ3n) is 3.65. The molecular weight excluding hydrogens is 264 g/mol. The monoisotopic (exact) mass is 282 g/mol. The Bertz CT molecular complexity index is 713. The van der Waals surface area contributed by atoms with Crippen LogP contribution in [0.3, 0.4) is 0 Å². The third kappa shape index (κ3) is 2.60. The van der Waals surface area contributed by atoms with Crippen LogP contribution in [0.1, 0.15) is 27.7 Å². The number of hydrogen-bond donors (Lipinski definition) is 1. The van der Waals surface area contributed by atoms with E-state index >= 15 is 0 Å². The molecular formula is C17H18N2S. The summed E-state index contributed by atoms with van der Waals surface area (Å²) < 4.78 is 1.21. The highest BCUT2D eigenvalue weighted by Gasteiger charge is 2.12. The molecule has 0 saturated carbocycles. The van der Waals surface area contributed by atoms with Gasteiger partial charge in [-0.1, -0.05) is 30.3 Å². The van der Waals surface area contributed by atoms with Gasteiger partial charge in [0.2, 0.25) is 0 Å². The van der Waals surface area contributed by atoms with Gasteiger partial charge in [-0.15, -0.1) is 11.3 Å². The van der Waals surface area contributed by atoms with E-state index in [1.54, 1.807) is 11.3 Å². The number of benzene rings is 2. The SMILES string of the molecule is Cc1ccc(CC(N)c2nc3ccccc3s2)cc1C. The van der Waals surface area contributed by atoms with Crippen molar-refractivity contribution in [3.05, 3.63) is 64.2 Å². The van der Waals surface area contributed by atoms with Gasteiger partial charge in [-0.25, -0.2) is 4.98 Å². The van der Waals surface area contributed by atoms with Crippen LogP contribution >= 0.6 is 11.3 Å². The Hall–Kier alpha value is -1.71. The molecule has 0 aliphatic rings. The molecule has 3 rings (SSSR count). The Kier molecular flexibility index (Phi) is 3.55. The molecule has 0 aliphatic carbocycles. The van der Waals surface area contributed by atoms with E-state index in [2.05, 4.69) is 43.1 Å². The number of hydrogen-bond acceptors (Lipinski definition) is 3. The van der Waals surface area contributed by atoms with E-state index in [1.807, 2.05) is 18.2 Å². The van der Waals surface area contributed by atoms with E-state index in [1.165, 1.54) is 21.4 Å². The predicted molar refractivity (Wildman–Crippen MR) is 86.2 cm³/mol. The second-order valence-corrected chi connectivity index (χ2v) is 6.31. The lowest BCUT2D eigenvalue weighted by atomic mass is 10.0. The van der Waals surface area contributed by atoms with Crippen LogP contribution in [0.5, 0.6) is 0 Å². The van der Waals surface area contributed by atoms with Crippen LogP contribution in [-0.4, -0.2) is 4.98 Å². The van der Waals surface area contributed by atoms with Gasteiger partial charge in [-0.2, -0.15) is 0 Å². The molecule has 2 aromatic carbocycles. The first kappa shape index (κ1) is 13.3.